The van der Waals surface area contributed by atoms with E-state index >= 15 is 0 Å². The summed E-state index contributed by atoms with van der Waals surface area (Å²) in [6.45, 7) is 2.78. The van der Waals surface area contributed by atoms with Gasteiger partial charge in [-0.15, -0.1) is 10.2 Å². The summed E-state index contributed by atoms with van der Waals surface area (Å²) in [5.41, 5.74) is 2.13. The minimum Gasteiger partial charge on any atom is -0.421 e. The van der Waals surface area contributed by atoms with Crippen LogP contribution in [0.1, 0.15) is 36.8 Å². The summed E-state index contributed by atoms with van der Waals surface area (Å²) in [5.74, 6) is 0.974. The normalized spacial score (nSPS) is 15.3. The Bertz CT molecular complexity index is 905. The number of benzene rings is 2. The summed E-state index contributed by atoms with van der Waals surface area (Å²) in [7, 11) is 0. The molecule has 0 spiro atoms. The zero-order chi connectivity index (χ0) is 19.9. The van der Waals surface area contributed by atoms with Crippen LogP contribution in [0.2, 0.25) is 0 Å². The van der Waals surface area contributed by atoms with E-state index in [0.717, 1.165) is 18.7 Å². The highest BCUT2D eigenvalue weighted by molar-refractivity contribution is 5.76. The molecule has 29 heavy (non-hydrogen) atoms. The summed E-state index contributed by atoms with van der Waals surface area (Å²) in [4.78, 5) is 14.9. The molecular formula is C23H26N4O2. The highest BCUT2D eigenvalue weighted by Crippen LogP contribution is 2.24. The first-order chi connectivity index (χ1) is 14.3. The predicted molar refractivity (Wildman–Crippen MR) is 111 cm³/mol. The van der Waals surface area contributed by atoms with Crippen molar-refractivity contribution in [2.24, 2.45) is 0 Å². The second-order valence-corrected chi connectivity index (χ2v) is 7.34. The molecule has 3 aromatic rings. The van der Waals surface area contributed by atoms with Gasteiger partial charge in [-0.3, -0.25) is 9.69 Å². The standard InChI is InChI=1S/C23H26N4O2/c28-21(13-14-22-25-26-23(29-22)19-11-5-2-6-12-19)24-17-20(27-15-7-8-16-27)18-9-3-1-4-10-18/h1-6,9-12,20H,7-8,13-17H2,(H,24,28). The Morgan fingerprint density at radius 3 is 2.41 bits per heavy atom. The topological polar surface area (TPSA) is 71.3 Å². The van der Waals surface area contributed by atoms with Crippen LogP contribution in [-0.2, 0) is 11.2 Å². The maximum absolute atomic E-state index is 12.4. The Labute approximate surface area is 170 Å². The van der Waals surface area contributed by atoms with E-state index in [4.69, 9.17) is 4.42 Å². The van der Waals surface area contributed by atoms with Gasteiger partial charge < -0.3 is 9.73 Å². The zero-order valence-corrected chi connectivity index (χ0v) is 16.5. The molecule has 0 aliphatic carbocycles. The molecule has 0 bridgehead atoms. The molecule has 4 rings (SSSR count). The molecule has 6 heteroatoms. The largest absolute Gasteiger partial charge is 0.421 e. The van der Waals surface area contributed by atoms with Gasteiger partial charge in [-0.2, -0.15) is 0 Å². The van der Waals surface area contributed by atoms with Crippen molar-refractivity contribution in [2.75, 3.05) is 19.6 Å². The van der Waals surface area contributed by atoms with Gasteiger partial charge in [0.2, 0.25) is 17.7 Å². The quantitative estimate of drug-likeness (QED) is 0.636. The van der Waals surface area contributed by atoms with Crippen LogP contribution in [0.5, 0.6) is 0 Å². The molecule has 2 heterocycles. The van der Waals surface area contributed by atoms with Crippen molar-refractivity contribution < 1.29 is 9.21 Å². The van der Waals surface area contributed by atoms with Crippen LogP contribution in [0.25, 0.3) is 11.5 Å². The molecule has 1 atom stereocenters. The van der Waals surface area contributed by atoms with Gasteiger partial charge in [0.15, 0.2) is 0 Å². The van der Waals surface area contributed by atoms with E-state index in [2.05, 4.69) is 44.7 Å². The number of rotatable bonds is 8. The minimum absolute atomic E-state index is 0.00425. The maximum Gasteiger partial charge on any atom is 0.247 e. The third-order valence-electron chi connectivity index (χ3n) is 5.31. The smallest absolute Gasteiger partial charge is 0.247 e. The molecule has 1 aliphatic heterocycles. The van der Waals surface area contributed by atoms with E-state index in [0.29, 0.717) is 31.2 Å². The number of carbonyl (C=O) groups excluding carboxylic acids is 1. The average molecular weight is 390 g/mol. The van der Waals surface area contributed by atoms with Gasteiger partial charge in [-0.1, -0.05) is 48.5 Å². The molecule has 0 saturated carbocycles. The van der Waals surface area contributed by atoms with E-state index in [1.807, 2.05) is 36.4 Å². The Hall–Kier alpha value is -2.99. The third-order valence-corrected chi connectivity index (χ3v) is 5.31. The summed E-state index contributed by atoms with van der Waals surface area (Å²) in [6, 6.07) is 20.3. The van der Waals surface area contributed by atoms with Crippen molar-refractivity contribution in [3.8, 4) is 11.5 Å². The van der Waals surface area contributed by atoms with Crippen LogP contribution >= 0.6 is 0 Å². The number of likely N-dealkylation sites (tertiary alicyclic amines) is 1. The monoisotopic (exact) mass is 390 g/mol. The van der Waals surface area contributed by atoms with Crippen molar-refractivity contribution in [3.63, 3.8) is 0 Å². The fraction of sp³-hybridized carbons (Fsp3) is 0.348. The first-order valence-electron chi connectivity index (χ1n) is 10.2. The fourth-order valence-corrected chi connectivity index (χ4v) is 3.76. The van der Waals surface area contributed by atoms with Gasteiger partial charge in [0.05, 0.1) is 6.04 Å². The number of nitrogens with one attached hydrogen (secondary N) is 1. The molecule has 1 unspecified atom stereocenters. The highest BCUT2D eigenvalue weighted by Gasteiger charge is 2.23. The molecule has 1 aliphatic rings. The van der Waals surface area contributed by atoms with Gasteiger partial charge in [0, 0.05) is 24.9 Å². The van der Waals surface area contributed by atoms with Crippen molar-refractivity contribution in [3.05, 3.63) is 72.1 Å². The molecule has 2 aromatic carbocycles. The Morgan fingerprint density at radius 1 is 1.00 bits per heavy atom. The lowest BCUT2D eigenvalue weighted by Crippen LogP contribution is -2.36. The Kier molecular flexibility index (Phi) is 6.32. The minimum atomic E-state index is 0.00425. The molecule has 6 nitrogen and oxygen atoms in total. The number of aromatic nitrogens is 2. The van der Waals surface area contributed by atoms with Crippen LogP contribution in [0.4, 0.5) is 0 Å². The molecule has 0 radical (unpaired) electrons. The lowest BCUT2D eigenvalue weighted by atomic mass is 10.1. The Balaban J connectivity index is 1.30. The van der Waals surface area contributed by atoms with Crippen LogP contribution in [-0.4, -0.2) is 40.6 Å². The van der Waals surface area contributed by atoms with E-state index in [1.165, 1.54) is 18.4 Å². The molecule has 1 aromatic heterocycles. The molecule has 1 amide bonds. The summed E-state index contributed by atoms with van der Waals surface area (Å²) in [6.07, 6.45) is 3.21. The van der Waals surface area contributed by atoms with Gasteiger partial charge in [-0.25, -0.2) is 0 Å². The lowest BCUT2D eigenvalue weighted by molar-refractivity contribution is -0.121. The van der Waals surface area contributed by atoms with Gasteiger partial charge in [-0.05, 0) is 43.6 Å². The number of amides is 1. The molecule has 1 N–H and O–H groups in total. The molecular weight excluding hydrogens is 364 g/mol. The van der Waals surface area contributed by atoms with Gasteiger partial charge >= 0.3 is 0 Å². The third kappa shape index (κ3) is 5.09. The van der Waals surface area contributed by atoms with Crippen LogP contribution < -0.4 is 5.32 Å². The number of carbonyl (C=O) groups is 1. The number of hydrogen-bond acceptors (Lipinski definition) is 5. The second-order valence-electron chi connectivity index (χ2n) is 7.34. The lowest BCUT2D eigenvalue weighted by Gasteiger charge is -2.28. The molecule has 150 valence electrons. The van der Waals surface area contributed by atoms with E-state index in [1.54, 1.807) is 0 Å². The van der Waals surface area contributed by atoms with Crippen molar-refractivity contribution in [1.82, 2.24) is 20.4 Å². The SMILES string of the molecule is O=C(CCc1nnc(-c2ccccc2)o1)NCC(c1ccccc1)N1CCCC1. The molecule has 1 fully saturated rings. The van der Waals surface area contributed by atoms with E-state index < -0.39 is 0 Å². The van der Waals surface area contributed by atoms with E-state index in [9.17, 15) is 4.79 Å². The first-order valence-corrected chi connectivity index (χ1v) is 10.2. The average Bonchev–Trinajstić information content (AvgIpc) is 3.46. The van der Waals surface area contributed by atoms with Gasteiger partial charge in [0.25, 0.3) is 0 Å². The van der Waals surface area contributed by atoms with Crippen LogP contribution in [0, 0.1) is 0 Å². The highest BCUT2D eigenvalue weighted by atomic mass is 16.4. The molecule has 1 saturated heterocycles. The van der Waals surface area contributed by atoms with Gasteiger partial charge in [0.1, 0.15) is 0 Å². The van der Waals surface area contributed by atoms with E-state index in [-0.39, 0.29) is 11.9 Å². The van der Waals surface area contributed by atoms with Crippen molar-refractivity contribution in [2.45, 2.75) is 31.7 Å². The number of hydrogen-bond donors (Lipinski definition) is 1. The van der Waals surface area contributed by atoms with Crippen molar-refractivity contribution >= 4 is 5.91 Å². The predicted octanol–water partition coefficient (Wildman–Crippen LogP) is 3.62. The zero-order valence-electron chi connectivity index (χ0n) is 16.5. The number of nitrogens with zero attached hydrogens (tertiary/aromatic N) is 3. The first kappa shape index (κ1) is 19.3. The Morgan fingerprint density at radius 2 is 1.69 bits per heavy atom. The fourth-order valence-electron chi connectivity index (χ4n) is 3.76. The van der Waals surface area contributed by atoms with Crippen molar-refractivity contribution in [1.29, 1.82) is 0 Å². The second kappa shape index (κ2) is 9.47. The summed E-state index contributed by atoms with van der Waals surface area (Å²) in [5, 5.41) is 11.2. The summed E-state index contributed by atoms with van der Waals surface area (Å²) < 4.78 is 5.69. The number of aryl methyl sites for hydroxylation is 1. The maximum atomic E-state index is 12.4. The van der Waals surface area contributed by atoms with Crippen LogP contribution in [0.15, 0.2) is 65.1 Å². The summed E-state index contributed by atoms with van der Waals surface area (Å²) >= 11 is 0. The van der Waals surface area contributed by atoms with Crippen LogP contribution in [0.3, 0.4) is 0 Å².